The molecule has 0 radical (unpaired) electrons. The average Bonchev–Trinajstić information content (AvgIpc) is 2.75. The van der Waals surface area contributed by atoms with Crippen molar-refractivity contribution in [2.24, 2.45) is 5.73 Å². The van der Waals surface area contributed by atoms with E-state index < -0.39 is 0 Å². The molecule has 1 aromatic heterocycles. The fraction of sp³-hybridized carbons (Fsp3) is 0.375. The molecule has 1 heterocycles. The molecule has 1 aromatic carbocycles. The highest BCUT2D eigenvalue weighted by atomic mass is 16.3. The Morgan fingerprint density at radius 1 is 1.16 bits per heavy atom. The standard InChI is InChI=1S/C16H22N2O/c1-12-4-6-14(7-5-12)16(17)11-18(3)10-15-8-9-19-13(15)2/h4-9,16H,10-11,17H2,1-3H3. The zero-order chi connectivity index (χ0) is 13.8. The minimum Gasteiger partial charge on any atom is -0.469 e. The lowest BCUT2D eigenvalue weighted by molar-refractivity contribution is 0.303. The van der Waals surface area contributed by atoms with Gasteiger partial charge in [0, 0.05) is 24.7 Å². The lowest BCUT2D eigenvalue weighted by atomic mass is 10.1. The van der Waals surface area contributed by atoms with Gasteiger partial charge < -0.3 is 15.1 Å². The number of nitrogens with two attached hydrogens (primary N) is 1. The van der Waals surface area contributed by atoms with Crippen LogP contribution in [0.25, 0.3) is 0 Å². The Bertz CT molecular complexity index is 516. The van der Waals surface area contributed by atoms with Crippen LogP contribution in [-0.4, -0.2) is 18.5 Å². The summed E-state index contributed by atoms with van der Waals surface area (Å²) >= 11 is 0. The largest absolute Gasteiger partial charge is 0.469 e. The predicted molar refractivity (Wildman–Crippen MR) is 77.9 cm³/mol. The van der Waals surface area contributed by atoms with Gasteiger partial charge in [0.25, 0.3) is 0 Å². The van der Waals surface area contributed by atoms with Gasteiger partial charge in [0.15, 0.2) is 0 Å². The molecule has 2 N–H and O–H groups in total. The Kier molecular flexibility index (Phi) is 4.40. The van der Waals surface area contributed by atoms with E-state index in [9.17, 15) is 0 Å². The summed E-state index contributed by atoms with van der Waals surface area (Å²) in [4.78, 5) is 2.22. The van der Waals surface area contributed by atoms with E-state index in [-0.39, 0.29) is 6.04 Å². The van der Waals surface area contributed by atoms with Gasteiger partial charge in [-0.15, -0.1) is 0 Å². The molecule has 3 nitrogen and oxygen atoms in total. The monoisotopic (exact) mass is 258 g/mol. The van der Waals surface area contributed by atoms with Gasteiger partial charge in [0.05, 0.1) is 6.26 Å². The number of benzene rings is 1. The highest BCUT2D eigenvalue weighted by Gasteiger charge is 2.11. The summed E-state index contributed by atoms with van der Waals surface area (Å²) in [5.41, 5.74) is 9.91. The van der Waals surface area contributed by atoms with Gasteiger partial charge in [0.2, 0.25) is 0 Å². The van der Waals surface area contributed by atoms with E-state index in [2.05, 4.69) is 43.1 Å². The second-order valence-corrected chi connectivity index (χ2v) is 5.22. The second kappa shape index (κ2) is 6.04. The van der Waals surface area contributed by atoms with Gasteiger partial charge in [-0.25, -0.2) is 0 Å². The van der Waals surface area contributed by atoms with Gasteiger partial charge in [-0.1, -0.05) is 29.8 Å². The van der Waals surface area contributed by atoms with Crippen molar-refractivity contribution in [3.63, 3.8) is 0 Å². The van der Waals surface area contributed by atoms with Crippen LogP contribution in [0.5, 0.6) is 0 Å². The number of rotatable bonds is 5. The second-order valence-electron chi connectivity index (χ2n) is 5.22. The zero-order valence-corrected chi connectivity index (χ0v) is 11.9. The van der Waals surface area contributed by atoms with E-state index in [0.717, 1.165) is 18.8 Å². The number of hydrogen-bond acceptors (Lipinski definition) is 3. The molecule has 0 saturated heterocycles. The van der Waals surface area contributed by atoms with E-state index in [0.29, 0.717) is 0 Å². The molecule has 1 atom stereocenters. The Morgan fingerprint density at radius 2 is 1.84 bits per heavy atom. The van der Waals surface area contributed by atoms with Crippen molar-refractivity contribution in [2.45, 2.75) is 26.4 Å². The molecule has 0 aliphatic rings. The minimum atomic E-state index is 0.0396. The van der Waals surface area contributed by atoms with Crippen molar-refractivity contribution in [3.8, 4) is 0 Å². The average molecular weight is 258 g/mol. The van der Waals surface area contributed by atoms with Crippen LogP contribution in [0, 0.1) is 13.8 Å². The predicted octanol–water partition coefficient (Wildman–Crippen LogP) is 3.03. The molecule has 2 rings (SSSR count). The van der Waals surface area contributed by atoms with Gasteiger partial charge in [0.1, 0.15) is 5.76 Å². The highest BCUT2D eigenvalue weighted by Crippen LogP contribution is 2.15. The summed E-state index contributed by atoms with van der Waals surface area (Å²) in [6.07, 6.45) is 1.73. The Labute approximate surface area is 115 Å². The van der Waals surface area contributed by atoms with Crippen LogP contribution in [0.1, 0.15) is 28.5 Å². The molecule has 0 bridgehead atoms. The van der Waals surface area contributed by atoms with Crippen LogP contribution in [0.4, 0.5) is 0 Å². The third-order valence-corrected chi connectivity index (χ3v) is 3.42. The summed E-state index contributed by atoms with van der Waals surface area (Å²) in [5.74, 6) is 0.982. The molecule has 102 valence electrons. The first-order valence-electron chi connectivity index (χ1n) is 6.60. The van der Waals surface area contributed by atoms with Gasteiger partial charge in [-0.3, -0.25) is 0 Å². The van der Waals surface area contributed by atoms with Gasteiger partial charge >= 0.3 is 0 Å². The van der Waals surface area contributed by atoms with Crippen LogP contribution in [0.15, 0.2) is 41.0 Å². The van der Waals surface area contributed by atoms with E-state index in [1.807, 2.05) is 13.0 Å². The summed E-state index contributed by atoms with van der Waals surface area (Å²) in [6, 6.07) is 10.5. The summed E-state index contributed by atoms with van der Waals surface area (Å²) in [5, 5.41) is 0. The Balaban J connectivity index is 1.93. The molecule has 0 fully saturated rings. The zero-order valence-electron chi connectivity index (χ0n) is 11.9. The quantitative estimate of drug-likeness (QED) is 0.896. The molecule has 19 heavy (non-hydrogen) atoms. The number of aryl methyl sites for hydroxylation is 2. The van der Waals surface area contributed by atoms with Gasteiger partial charge in [-0.05, 0) is 32.5 Å². The number of likely N-dealkylation sites (N-methyl/N-ethyl adjacent to an activating group) is 1. The summed E-state index contributed by atoms with van der Waals surface area (Å²) in [7, 11) is 2.08. The number of furan rings is 1. The van der Waals surface area contributed by atoms with Crippen LogP contribution in [0.3, 0.4) is 0 Å². The summed E-state index contributed by atoms with van der Waals surface area (Å²) in [6.45, 7) is 5.77. The third kappa shape index (κ3) is 3.69. The van der Waals surface area contributed by atoms with Crippen LogP contribution >= 0.6 is 0 Å². The molecular formula is C16H22N2O. The number of nitrogens with zero attached hydrogens (tertiary/aromatic N) is 1. The lowest BCUT2D eigenvalue weighted by Gasteiger charge is -2.21. The van der Waals surface area contributed by atoms with Crippen molar-refractivity contribution in [2.75, 3.05) is 13.6 Å². The first-order chi connectivity index (χ1) is 9.06. The maximum absolute atomic E-state index is 6.25. The highest BCUT2D eigenvalue weighted by molar-refractivity contribution is 5.24. The fourth-order valence-electron chi connectivity index (χ4n) is 2.19. The lowest BCUT2D eigenvalue weighted by Crippen LogP contribution is -2.28. The van der Waals surface area contributed by atoms with E-state index in [4.69, 9.17) is 10.2 Å². The van der Waals surface area contributed by atoms with Crippen molar-refractivity contribution in [1.82, 2.24) is 4.90 Å². The molecule has 1 unspecified atom stereocenters. The Morgan fingerprint density at radius 3 is 2.42 bits per heavy atom. The fourth-order valence-corrected chi connectivity index (χ4v) is 2.19. The topological polar surface area (TPSA) is 42.4 Å². The van der Waals surface area contributed by atoms with Crippen molar-refractivity contribution in [1.29, 1.82) is 0 Å². The van der Waals surface area contributed by atoms with Crippen molar-refractivity contribution < 1.29 is 4.42 Å². The third-order valence-electron chi connectivity index (χ3n) is 3.42. The van der Waals surface area contributed by atoms with E-state index >= 15 is 0 Å². The summed E-state index contributed by atoms with van der Waals surface area (Å²) < 4.78 is 5.31. The molecular weight excluding hydrogens is 236 g/mol. The molecule has 2 aromatic rings. The van der Waals surface area contributed by atoms with Crippen LogP contribution in [0.2, 0.25) is 0 Å². The van der Waals surface area contributed by atoms with E-state index in [1.165, 1.54) is 16.7 Å². The maximum atomic E-state index is 6.25. The SMILES string of the molecule is Cc1ccc(C(N)CN(C)Cc2ccoc2C)cc1. The van der Waals surface area contributed by atoms with Gasteiger partial charge in [-0.2, -0.15) is 0 Å². The smallest absolute Gasteiger partial charge is 0.105 e. The number of hydrogen-bond donors (Lipinski definition) is 1. The Hall–Kier alpha value is -1.58. The van der Waals surface area contributed by atoms with Crippen molar-refractivity contribution in [3.05, 3.63) is 59.0 Å². The van der Waals surface area contributed by atoms with E-state index in [1.54, 1.807) is 6.26 Å². The minimum absolute atomic E-state index is 0.0396. The molecule has 0 spiro atoms. The van der Waals surface area contributed by atoms with Crippen LogP contribution in [-0.2, 0) is 6.54 Å². The van der Waals surface area contributed by atoms with Crippen LogP contribution < -0.4 is 5.73 Å². The maximum Gasteiger partial charge on any atom is 0.105 e. The first kappa shape index (κ1) is 13.8. The normalized spacial score (nSPS) is 12.9. The van der Waals surface area contributed by atoms with Crippen molar-refractivity contribution >= 4 is 0 Å². The molecule has 0 amide bonds. The molecule has 0 saturated carbocycles. The molecule has 0 aliphatic heterocycles. The molecule has 3 heteroatoms. The first-order valence-corrected chi connectivity index (χ1v) is 6.60. The molecule has 0 aliphatic carbocycles.